The van der Waals surface area contributed by atoms with Crippen molar-refractivity contribution in [2.24, 2.45) is 0 Å². The lowest BCUT2D eigenvalue weighted by molar-refractivity contribution is -0.134. The van der Waals surface area contributed by atoms with Crippen LogP contribution >= 0.6 is 0 Å². The third-order valence-corrected chi connectivity index (χ3v) is 8.82. The highest BCUT2D eigenvalue weighted by molar-refractivity contribution is 6.08. The van der Waals surface area contributed by atoms with Crippen LogP contribution in [0.3, 0.4) is 0 Å². The number of hydrogen-bond acceptors (Lipinski definition) is 4. The molecule has 3 aliphatic rings. The molecule has 3 aliphatic heterocycles. The van der Waals surface area contributed by atoms with Crippen molar-refractivity contribution in [3.05, 3.63) is 65.7 Å². The summed E-state index contributed by atoms with van der Waals surface area (Å²) in [5.41, 5.74) is 2.66. The van der Waals surface area contributed by atoms with Crippen molar-refractivity contribution in [2.45, 2.75) is 82.3 Å². The third-order valence-electron chi connectivity index (χ3n) is 8.82. The van der Waals surface area contributed by atoms with Crippen molar-refractivity contribution < 1.29 is 14.4 Å². The maximum atomic E-state index is 13.7. The second kappa shape index (κ2) is 12.4. The number of urea groups is 1. The summed E-state index contributed by atoms with van der Waals surface area (Å²) in [5, 5.41) is 9.41. The molecule has 8 heteroatoms. The average Bonchev–Trinajstić information content (AvgIpc) is 3.19. The molecule has 2 aromatic carbocycles. The van der Waals surface area contributed by atoms with Crippen molar-refractivity contribution in [3.63, 3.8) is 0 Å². The predicted molar refractivity (Wildman–Crippen MR) is 157 cm³/mol. The highest BCUT2D eigenvalue weighted by atomic mass is 16.2. The van der Waals surface area contributed by atoms with Gasteiger partial charge in [0.2, 0.25) is 11.8 Å². The Balaban J connectivity index is 1.21. The Labute approximate surface area is 237 Å². The highest BCUT2D eigenvalue weighted by Gasteiger charge is 2.46. The first-order chi connectivity index (χ1) is 19.3. The van der Waals surface area contributed by atoms with Gasteiger partial charge < -0.3 is 25.8 Å². The van der Waals surface area contributed by atoms with Gasteiger partial charge in [0.05, 0.1) is 5.41 Å². The molecule has 2 atom stereocenters. The fraction of sp³-hybridized carbons (Fsp3) is 0.531. The Morgan fingerprint density at radius 2 is 1.73 bits per heavy atom. The number of nitrogens with zero attached hydrogens (tertiary/aromatic N) is 2. The fourth-order valence-corrected chi connectivity index (χ4v) is 6.40. The van der Waals surface area contributed by atoms with Crippen LogP contribution in [0, 0.1) is 0 Å². The predicted octanol–water partition coefficient (Wildman–Crippen LogP) is 3.74. The SMILES string of the molecule is CC1(C)C(=O)N(C2CCN(C(=O)[C@H](CCc3ccccc3)NC(=O)NC[C@H]3CCCCN3)CC2)c2ccccc21. The van der Waals surface area contributed by atoms with Gasteiger partial charge in [0.25, 0.3) is 0 Å². The molecule has 0 spiro atoms. The van der Waals surface area contributed by atoms with Crippen molar-refractivity contribution >= 4 is 23.5 Å². The zero-order valence-corrected chi connectivity index (χ0v) is 23.8. The Morgan fingerprint density at radius 1 is 1.00 bits per heavy atom. The quantitative estimate of drug-likeness (QED) is 0.471. The molecule has 5 rings (SSSR count). The zero-order valence-electron chi connectivity index (χ0n) is 23.8. The summed E-state index contributed by atoms with van der Waals surface area (Å²) in [6, 6.07) is 17.5. The first-order valence-electron chi connectivity index (χ1n) is 14.9. The zero-order chi connectivity index (χ0) is 28.1. The van der Waals surface area contributed by atoms with E-state index in [0.717, 1.165) is 29.8 Å². The van der Waals surface area contributed by atoms with Crippen LogP contribution in [0.2, 0.25) is 0 Å². The molecule has 3 N–H and O–H groups in total. The van der Waals surface area contributed by atoms with Crippen LogP contribution < -0.4 is 20.9 Å². The van der Waals surface area contributed by atoms with Crippen LogP contribution in [-0.4, -0.2) is 67.0 Å². The Kier molecular flexibility index (Phi) is 8.74. The smallest absolute Gasteiger partial charge is 0.315 e. The Morgan fingerprint density at radius 3 is 2.45 bits per heavy atom. The number of carbonyl (C=O) groups excluding carboxylic acids is 3. The molecule has 0 unspecified atom stereocenters. The van der Waals surface area contributed by atoms with E-state index in [1.165, 1.54) is 12.8 Å². The molecule has 2 saturated heterocycles. The molecule has 0 bridgehead atoms. The summed E-state index contributed by atoms with van der Waals surface area (Å²) in [4.78, 5) is 43.9. The van der Waals surface area contributed by atoms with E-state index in [9.17, 15) is 14.4 Å². The molecule has 8 nitrogen and oxygen atoms in total. The van der Waals surface area contributed by atoms with E-state index in [1.54, 1.807) is 0 Å². The lowest BCUT2D eigenvalue weighted by Gasteiger charge is -2.38. The number of para-hydroxylation sites is 1. The molecular formula is C32H43N5O3. The number of fused-ring (bicyclic) bond motifs is 1. The van der Waals surface area contributed by atoms with E-state index >= 15 is 0 Å². The number of hydrogen-bond donors (Lipinski definition) is 3. The number of amides is 4. The van der Waals surface area contributed by atoms with Gasteiger partial charge in [-0.15, -0.1) is 0 Å². The van der Waals surface area contributed by atoms with Crippen molar-refractivity contribution in [1.82, 2.24) is 20.9 Å². The number of nitrogens with one attached hydrogen (secondary N) is 3. The average molecular weight is 546 g/mol. The van der Waals surface area contributed by atoms with Crippen LogP contribution in [0.1, 0.15) is 63.5 Å². The van der Waals surface area contributed by atoms with Crippen LogP contribution in [-0.2, 0) is 21.4 Å². The number of likely N-dealkylation sites (tertiary alicyclic amines) is 1. The standard InChI is InChI=1S/C32H43N5O3/c1-32(2)26-13-6-7-14-28(26)37(30(32)39)25-17-20-36(21-18-25)29(38)27(16-15-23-10-4-3-5-11-23)35-31(40)34-22-24-12-8-9-19-33-24/h3-7,10-11,13-14,24-25,27,33H,8-9,12,15-22H2,1-2H3,(H2,34,35,40)/t24-,27+/m1/s1. The van der Waals surface area contributed by atoms with Crippen molar-refractivity contribution in [3.8, 4) is 0 Å². The third kappa shape index (κ3) is 6.17. The lowest BCUT2D eigenvalue weighted by atomic mass is 9.86. The van der Waals surface area contributed by atoms with Crippen molar-refractivity contribution in [1.29, 1.82) is 0 Å². The van der Waals surface area contributed by atoms with Gasteiger partial charge in [0.1, 0.15) is 6.04 Å². The maximum absolute atomic E-state index is 13.7. The van der Waals surface area contributed by atoms with Gasteiger partial charge in [-0.3, -0.25) is 9.59 Å². The van der Waals surface area contributed by atoms with E-state index in [4.69, 9.17) is 0 Å². The molecule has 0 aliphatic carbocycles. The van der Waals surface area contributed by atoms with Gasteiger partial charge >= 0.3 is 6.03 Å². The molecule has 3 heterocycles. The highest BCUT2D eigenvalue weighted by Crippen LogP contribution is 2.43. The van der Waals surface area contributed by atoms with E-state index in [1.807, 2.05) is 78.2 Å². The Bertz CT molecular complexity index is 1190. The normalized spacial score (nSPS) is 21.6. The second-order valence-corrected chi connectivity index (χ2v) is 12.0. The first-order valence-corrected chi connectivity index (χ1v) is 14.9. The van der Waals surface area contributed by atoms with Gasteiger partial charge in [0, 0.05) is 37.4 Å². The van der Waals surface area contributed by atoms with Crippen LogP contribution in [0.25, 0.3) is 0 Å². The molecule has 0 aromatic heterocycles. The topological polar surface area (TPSA) is 93.8 Å². The minimum Gasteiger partial charge on any atom is -0.341 e. The summed E-state index contributed by atoms with van der Waals surface area (Å²) >= 11 is 0. The minimum atomic E-state index is -0.607. The largest absolute Gasteiger partial charge is 0.341 e. The first kappa shape index (κ1) is 28.1. The molecule has 2 aromatic rings. The lowest BCUT2D eigenvalue weighted by Crippen LogP contribution is -2.56. The van der Waals surface area contributed by atoms with E-state index in [-0.39, 0.29) is 29.9 Å². The van der Waals surface area contributed by atoms with Crippen LogP contribution in [0.4, 0.5) is 10.5 Å². The van der Waals surface area contributed by atoms with Gasteiger partial charge in [-0.2, -0.15) is 0 Å². The van der Waals surface area contributed by atoms with Crippen molar-refractivity contribution in [2.75, 3.05) is 31.1 Å². The van der Waals surface area contributed by atoms with E-state index in [0.29, 0.717) is 45.3 Å². The van der Waals surface area contributed by atoms with Gasteiger partial charge in [-0.25, -0.2) is 4.79 Å². The number of anilines is 1. The monoisotopic (exact) mass is 545 g/mol. The molecule has 214 valence electrons. The summed E-state index contributed by atoms with van der Waals surface area (Å²) in [7, 11) is 0. The van der Waals surface area contributed by atoms with Gasteiger partial charge in [-0.1, -0.05) is 55.0 Å². The number of benzene rings is 2. The second-order valence-electron chi connectivity index (χ2n) is 12.0. The van der Waals surface area contributed by atoms with Gasteiger partial charge in [-0.05, 0) is 76.1 Å². The van der Waals surface area contributed by atoms with E-state index in [2.05, 4.69) is 16.0 Å². The summed E-state index contributed by atoms with van der Waals surface area (Å²) in [6.07, 6.45) is 6.05. The Hall–Kier alpha value is -3.39. The maximum Gasteiger partial charge on any atom is 0.315 e. The molecule has 2 fully saturated rings. The molecule has 4 amide bonds. The molecule has 0 radical (unpaired) electrons. The fourth-order valence-electron chi connectivity index (χ4n) is 6.40. The van der Waals surface area contributed by atoms with Crippen LogP contribution in [0.5, 0.6) is 0 Å². The summed E-state index contributed by atoms with van der Waals surface area (Å²) in [6.45, 7) is 6.64. The number of aryl methyl sites for hydroxylation is 1. The molecule has 40 heavy (non-hydrogen) atoms. The number of rotatable bonds is 8. The van der Waals surface area contributed by atoms with Crippen LogP contribution in [0.15, 0.2) is 54.6 Å². The number of piperidine rings is 2. The molecule has 0 saturated carbocycles. The summed E-state index contributed by atoms with van der Waals surface area (Å²) < 4.78 is 0. The number of carbonyl (C=O) groups is 3. The minimum absolute atomic E-state index is 0.0474. The summed E-state index contributed by atoms with van der Waals surface area (Å²) in [5.74, 6) is 0.0822. The van der Waals surface area contributed by atoms with E-state index < -0.39 is 11.5 Å². The van der Waals surface area contributed by atoms with Gasteiger partial charge in [0.15, 0.2) is 0 Å². The molecular weight excluding hydrogens is 502 g/mol.